The summed E-state index contributed by atoms with van der Waals surface area (Å²) in [5.74, 6) is -1.87. The lowest BCUT2D eigenvalue weighted by molar-refractivity contribution is 0.410. The molecule has 0 N–H and O–H groups in total. The van der Waals surface area contributed by atoms with Crippen molar-refractivity contribution in [2.24, 2.45) is 0 Å². The molecule has 0 aromatic heterocycles. The Hall–Kier alpha value is -1.52. The smallest absolute Gasteiger partial charge is 0.207 e. The Morgan fingerprint density at radius 3 is 2.32 bits per heavy atom. The Labute approximate surface area is 110 Å². The first-order valence-electron chi connectivity index (χ1n) is 5.80. The van der Waals surface area contributed by atoms with Gasteiger partial charge in [0.15, 0.2) is 0 Å². The molecular formula is C12H12F2N2O2S. The quantitative estimate of drug-likeness (QED) is 0.832. The SMILES string of the molecule is N#CCCN(C1CC1)S(=O)(=O)c1cc(F)cc(F)c1. The van der Waals surface area contributed by atoms with Crippen LogP contribution in [-0.2, 0) is 10.0 Å². The van der Waals surface area contributed by atoms with E-state index in [2.05, 4.69) is 0 Å². The van der Waals surface area contributed by atoms with Crippen molar-refractivity contribution in [3.05, 3.63) is 29.8 Å². The highest BCUT2D eigenvalue weighted by atomic mass is 32.2. The zero-order chi connectivity index (χ0) is 14.0. The lowest BCUT2D eigenvalue weighted by Crippen LogP contribution is -2.34. The summed E-state index contributed by atoms with van der Waals surface area (Å²) in [6.45, 7) is 0.0433. The van der Waals surface area contributed by atoms with Crippen molar-refractivity contribution in [1.82, 2.24) is 4.31 Å². The second-order valence-electron chi connectivity index (χ2n) is 4.36. The highest BCUT2D eigenvalue weighted by Crippen LogP contribution is 2.32. The molecule has 4 nitrogen and oxygen atoms in total. The molecule has 0 heterocycles. The number of rotatable bonds is 5. The normalized spacial score (nSPS) is 15.5. The van der Waals surface area contributed by atoms with Crippen molar-refractivity contribution in [2.75, 3.05) is 6.54 Å². The molecule has 102 valence electrons. The average Bonchev–Trinajstić information content (AvgIpc) is 3.12. The van der Waals surface area contributed by atoms with Crippen LogP contribution in [0, 0.1) is 23.0 Å². The van der Waals surface area contributed by atoms with Gasteiger partial charge in [-0.2, -0.15) is 9.57 Å². The van der Waals surface area contributed by atoms with E-state index in [1.807, 2.05) is 6.07 Å². The van der Waals surface area contributed by atoms with Crippen molar-refractivity contribution in [3.8, 4) is 6.07 Å². The molecule has 0 amide bonds. The van der Waals surface area contributed by atoms with Gasteiger partial charge in [-0.3, -0.25) is 0 Å². The summed E-state index contributed by atoms with van der Waals surface area (Å²) >= 11 is 0. The van der Waals surface area contributed by atoms with Crippen LogP contribution in [-0.4, -0.2) is 25.3 Å². The van der Waals surface area contributed by atoms with Crippen LogP contribution < -0.4 is 0 Å². The van der Waals surface area contributed by atoms with E-state index >= 15 is 0 Å². The zero-order valence-corrected chi connectivity index (χ0v) is 10.8. The number of nitrogens with zero attached hydrogens (tertiary/aromatic N) is 2. The largest absolute Gasteiger partial charge is 0.243 e. The van der Waals surface area contributed by atoms with E-state index < -0.39 is 26.6 Å². The van der Waals surface area contributed by atoms with Crippen LogP contribution in [0.15, 0.2) is 23.1 Å². The minimum Gasteiger partial charge on any atom is -0.207 e. The molecule has 19 heavy (non-hydrogen) atoms. The summed E-state index contributed by atoms with van der Waals surface area (Å²) in [6.07, 6.45) is 1.47. The molecule has 1 saturated carbocycles. The third-order valence-corrected chi connectivity index (χ3v) is 4.77. The van der Waals surface area contributed by atoms with E-state index in [1.165, 1.54) is 0 Å². The minimum atomic E-state index is -3.95. The maximum Gasteiger partial charge on any atom is 0.243 e. The summed E-state index contributed by atoms with van der Waals surface area (Å²) < 4.78 is 52.0. The number of benzene rings is 1. The van der Waals surface area contributed by atoms with E-state index in [0.29, 0.717) is 18.9 Å². The van der Waals surface area contributed by atoms with Gasteiger partial charge in [-0.1, -0.05) is 0 Å². The highest BCUT2D eigenvalue weighted by Gasteiger charge is 2.38. The van der Waals surface area contributed by atoms with Crippen molar-refractivity contribution in [1.29, 1.82) is 5.26 Å². The van der Waals surface area contributed by atoms with Gasteiger partial charge in [0, 0.05) is 25.1 Å². The Morgan fingerprint density at radius 2 is 1.84 bits per heavy atom. The Morgan fingerprint density at radius 1 is 1.26 bits per heavy atom. The topological polar surface area (TPSA) is 61.2 Å². The third kappa shape index (κ3) is 3.08. The van der Waals surface area contributed by atoms with Gasteiger partial charge in [-0.15, -0.1) is 0 Å². The first-order valence-corrected chi connectivity index (χ1v) is 7.24. The molecule has 0 spiro atoms. The Bertz CT molecular complexity index is 601. The fourth-order valence-electron chi connectivity index (χ4n) is 1.83. The van der Waals surface area contributed by atoms with Gasteiger partial charge in [-0.25, -0.2) is 17.2 Å². The van der Waals surface area contributed by atoms with Crippen LogP contribution in [0.25, 0.3) is 0 Å². The van der Waals surface area contributed by atoms with Crippen LogP contribution in [0.1, 0.15) is 19.3 Å². The molecule has 1 aliphatic carbocycles. The number of halogens is 2. The summed E-state index contributed by atoms with van der Waals surface area (Å²) in [5, 5.41) is 8.55. The molecule has 0 bridgehead atoms. The molecule has 7 heteroatoms. The van der Waals surface area contributed by atoms with Crippen LogP contribution >= 0.6 is 0 Å². The Balaban J connectivity index is 2.36. The van der Waals surface area contributed by atoms with Crippen LogP contribution in [0.2, 0.25) is 0 Å². The fourth-order valence-corrected chi connectivity index (χ4v) is 3.56. The third-order valence-electron chi connectivity index (χ3n) is 2.84. The van der Waals surface area contributed by atoms with Crippen molar-refractivity contribution >= 4 is 10.0 Å². The predicted molar refractivity (Wildman–Crippen MR) is 63.5 cm³/mol. The molecule has 1 aliphatic rings. The van der Waals surface area contributed by atoms with E-state index in [0.717, 1.165) is 16.4 Å². The molecule has 2 rings (SSSR count). The van der Waals surface area contributed by atoms with Gasteiger partial charge in [0.1, 0.15) is 11.6 Å². The highest BCUT2D eigenvalue weighted by molar-refractivity contribution is 7.89. The lowest BCUT2D eigenvalue weighted by Gasteiger charge is -2.20. The molecule has 0 aliphatic heterocycles. The van der Waals surface area contributed by atoms with Gasteiger partial charge in [0.25, 0.3) is 0 Å². The number of nitriles is 1. The number of sulfonamides is 1. The van der Waals surface area contributed by atoms with Gasteiger partial charge in [0.2, 0.25) is 10.0 Å². The van der Waals surface area contributed by atoms with Crippen LogP contribution in [0.3, 0.4) is 0 Å². The van der Waals surface area contributed by atoms with Gasteiger partial charge in [0.05, 0.1) is 11.0 Å². The summed E-state index contributed by atoms with van der Waals surface area (Å²) in [5.41, 5.74) is 0. The molecule has 0 radical (unpaired) electrons. The molecule has 0 atom stereocenters. The second-order valence-corrected chi connectivity index (χ2v) is 6.25. The van der Waals surface area contributed by atoms with Crippen LogP contribution in [0.5, 0.6) is 0 Å². The molecule has 0 unspecified atom stereocenters. The summed E-state index contributed by atoms with van der Waals surface area (Å²) in [7, 11) is -3.95. The maximum atomic E-state index is 13.1. The standard InChI is InChI=1S/C12H12F2N2O2S/c13-9-6-10(14)8-12(7-9)19(17,18)16(5-1-4-15)11-2-3-11/h6-8,11H,1-3,5H2. The van der Waals surface area contributed by atoms with E-state index in [-0.39, 0.29) is 19.0 Å². The maximum absolute atomic E-state index is 13.1. The first kappa shape index (κ1) is 13.9. The van der Waals surface area contributed by atoms with E-state index in [4.69, 9.17) is 5.26 Å². The Kier molecular flexibility index (Phi) is 3.83. The van der Waals surface area contributed by atoms with Gasteiger partial charge in [-0.05, 0) is 25.0 Å². The van der Waals surface area contributed by atoms with Crippen molar-refractivity contribution in [3.63, 3.8) is 0 Å². The molecule has 1 aromatic carbocycles. The van der Waals surface area contributed by atoms with Gasteiger partial charge < -0.3 is 0 Å². The van der Waals surface area contributed by atoms with Gasteiger partial charge >= 0.3 is 0 Å². The van der Waals surface area contributed by atoms with Crippen molar-refractivity contribution in [2.45, 2.75) is 30.2 Å². The zero-order valence-electron chi connectivity index (χ0n) is 10.0. The van der Waals surface area contributed by atoms with Crippen LogP contribution in [0.4, 0.5) is 8.78 Å². The summed E-state index contributed by atoms with van der Waals surface area (Å²) in [6, 6.07) is 3.92. The minimum absolute atomic E-state index is 0.0433. The molecular weight excluding hydrogens is 274 g/mol. The predicted octanol–water partition coefficient (Wildman–Crippen LogP) is 2.03. The fraction of sp³-hybridized carbons (Fsp3) is 0.417. The summed E-state index contributed by atoms with van der Waals surface area (Å²) in [4.78, 5) is -0.408. The molecule has 1 fully saturated rings. The molecule has 0 saturated heterocycles. The average molecular weight is 286 g/mol. The van der Waals surface area contributed by atoms with E-state index in [9.17, 15) is 17.2 Å². The molecule has 1 aromatic rings. The first-order chi connectivity index (χ1) is 8.95. The monoisotopic (exact) mass is 286 g/mol. The van der Waals surface area contributed by atoms with E-state index in [1.54, 1.807) is 0 Å². The van der Waals surface area contributed by atoms with Crippen molar-refractivity contribution < 1.29 is 17.2 Å². The second kappa shape index (κ2) is 5.23. The number of hydrogen-bond acceptors (Lipinski definition) is 3. The lowest BCUT2D eigenvalue weighted by atomic mass is 10.3. The number of hydrogen-bond donors (Lipinski definition) is 0.